The number of aromatic nitrogens is 4. The molecule has 0 spiro atoms. The minimum Gasteiger partial charge on any atom is -0.277 e. The Morgan fingerprint density at radius 3 is 1.45 bits per heavy atom. The van der Waals surface area contributed by atoms with Crippen LogP contribution in [0.25, 0.3) is 136 Å². The van der Waals surface area contributed by atoms with E-state index in [1.807, 2.05) is 11.3 Å². The van der Waals surface area contributed by atoms with E-state index in [1.165, 1.54) is 58.9 Å². The molecule has 0 N–H and O–H groups in total. The molecule has 14 aromatic rings. The molecule has 14 rings (SSSR count). The van der Waals surface area contributed by atoms with Crippen molar-refractivity contribution in [1.82, 2.24) is 19.5 Å². The second-order valence-corrected chi connectivity index (χ2v) is 19.3. The molecule has 0 fully saturated rings. The molecule has 0 aliphatic heterocycles. The molecule has 336 valence electrons. The van der Waals surface area contributed by atoms with Gasteiger partial charge in [0.05, 0.1) is 11.0 Å². The van der Waals surface area contributed by atoms with Crippen LogP contribution < -0.4 is 0 Å². The molecule has 0 unspecified atom stereocenters. The van der Waals surface area contributed by atoms with Gasteiger partial charge in [-0.2, -0.15) is 9.97 Å². The van der Waals surface area contributed by atoms with Gasteiger partial charge in [-0.1, -0.05) is 233 Å². The van der Waals surface area contributed by atoms with Crippen molar-refractivity contribution in [3.8, 4) is 62.1 Å². The van der Waals surface area contributed by atoms with Crippen LogP contribution in [-0.2, 0) is 0 Å². The Labute approximate surface area is 415 Å². The van der Waals surface area contributed by atoms with Gasteiger partial charge in [0.25, 0.3) is 0 Å². The van der Waals surface area contributed by atoms with Crippen LogP contribution in [0.5, 0.6) is 0 Å². The summed E-state index contributed by atoms with van der Waals surface area (Å²) < 4.78 is 4.90. The third kappa shape index (κ3) is 7.24. The summed E-state index contributed by atoms with van der Waals surface area (Å²) in [6.45, 7) is 4.25. The van der Waals surface area contributed by atoms with Crippen molar-refractivity contribution in [3.63, 3.8) is 0 Å². The first-order chi connectivity index (χ1) is 35.1. The molecular weight excluding hydrogens is 881 g/mol. The van der Waals surface area contributed by atoms with Gasteiger partial charge in [0.1, 0.15) is 0 Å². The monoisotopic (exact) mass is 926 g/mol. The highest BCUT2D eigenvalue weighted by Gasteiger charge is 2.25. The third-order valence-corrected chi connectivity index (χ3v) is 14.8. The third-order valence-electron chi connectivity index (χ3n) is 13.7. The van der Waals surface area contributed by atoms with Gasteiger partial charge in [-0.25, -0.2) is 4.98 Å². The molecule has 3 heterocycles. The van der Waals surface area contributed by atoms with Crippen LogP contribution in [0.15, 0.2) is 231 Å². The lowest BCUT2D eigenvalue weighted by Crippen LogP contribution is -2.07. The average molecular weight is 927 g/mol. The van der Waals surface area contributed by atoms with Gasteiger partial charge in [-0.3, -0.25) is 4.57 Å². The largest absolute Gasteiger partial charge is 0.277 e. The predicted octanol–water partition coefficient (Wildman–Crippen LogP) is 18.5. The summed E-state index contributed by atoms with van der Waals surface area (Å²) >= 11 is 1.86. The number of fused-ring (bicyclic) bond motifs is 13. The molecular formula is C66H46N4S. The number of hydrogen-bond acceptors (Lipinski definition) is 4. The number of hydrogen-bond donors (Lipinski definition) is 0. The zero-order chi connectivity index (χ0) is 47.4. The molecule has 0 aliphatic rings. The highest BCUT2D eigenvalue weighted by Crippen LogP contribution is 2.46. The van der Waals surface area contributed by atoms with Crippen molar-refractivity contribution in [2.75, 3.05) is 0 Å². The Hall–Kier alpha value is -8.77. The second-order valence-electron chi connectivity index (χ2n) is 18.2. The second kappa shape index (κ2) is 17.6. The highest BCUT2D eigenvalue weighted by molar-refractivity contribution is 7.26. The summed E-state index contributed by atoms with van der Waals surface area (Å²) in [4.78, 5) is 16.3. The Kier molecular flexibility index (Phi) is 10.5. The lowest BCUT2D eigenvalue weighted by molar-refractivity contribution is 0.955. The molecule has 0 aliphatic carbocycles. The van der Waals surface area contributed by atoms with E-state index in [9.17, 15) is 0 Å². The molecule has 0 saturated carbocycles. The van der Waals surface area contributed by atoms with Gasteiger partial charge in [0, 0.05) is 53.0 Å². The standard InChI is InChI=1S/C63H38N4S.C3H8/c1-3-14-39(15-4-1)41-26-30-44(31-27-41)61-64-62(45-32-28-42(29-33-45)40-16-5-2-6-17-40)66-63(65-61)67-59-48(46-35-36-55-54(38-46)57-47-19-8-7-18-43(47)34-37-56(57)68-55)24-13-25-53(59)58-51-22-11-9-20-49(51)50-21-10-12-23-52(50)60(58)67;1-3-2/h1-38H;3H2,1-2H3. The minimum absolute atomic E-state index is 0.560. The number of nitrogens with zero attached hydrogens (tertiary/aromatic N) is 4. The van der Waals surface area contributed by atoms with Crippen LogP contribution in [0, 0.1) is 0 Å². The molecule has 4 nitrogen and oxygen atoms in total. The summed E-state index contributed by atoms with van der Waals surface area (Å²) in [5.41, 5.74) is 10.8. The van der Waals surface area contributed by atoms with Gasteiger partial charge in [0.15, 0.2) is 11.6 Å². The van der Waals surface area contributed by atoms with E-state index in [4.69, 9.17) is 15.0 Å². The van der Waals surface area contributed by atoms with Crippen LogP contribution in [0.3, 0.4) is 0 Å². The fourth-order valence-electron chi connectivity index (χ4n) is 10.5. The SMILES string of the molecule is CCC.c1ccc(-c2ccc(-c3nc(-c4ccc(-c5ccccc5)cc4)nc(-n4c5c(-c6ccc7sc8ccc9ccccc9c8c7c6)cccc5c5c6ccccc6c6ccccc6c54)n3)cc2)cc1. The van der Waals surface area contributed by atoms with Crippen LogP contribution in [-0.4, -0.2) is 19.5 Å². The maximum absolute atomic E-state index is 5.52. The van der Waals surface area contributed by atoms with Crippen molar-refractivity contribution in [3.05, 3.63) is 231 Å². The van der Waals surface area contributed by atoms with Crippen LogP contribution in [0.4, 0.5) is 0 Å². The maximum Gasteiger partial charge on any atom is 0.238 e. The number of para-hydroxylation sites is 1. The Bertz CT molecular complexity index is 4210. The molecule has 0 bridgehead atoms. The number of rotatable bonds is 6. The molecule has 71 heavy (non-hydrogen) atoms. The highest BCUT2D eigenvalue weighted by atomic mass is 32.1. The van der Waals surface area contributed by atoms with E-state index in [0.29, 0.717) is 17.6 Å². The van der Waals surface area contributed by atoms with Crippen LogP contribution >= 0.6 is 11.3 Å². The smallest absolute Gasteiger partial charge is 0.238 e. The summed E-state index contributed by atoms with van der Waals surface area (Å²) in [6.07, 6.45) is 1.25. The average Bonchev–Trinajstić information content (AvgIpc) is 4.02. The van der Waals surface area contributed by atoms with Crippen LogP contribution in [0.1, 0.15) is 20.3 Å². The minimum atomic E-state index is 0.560. The van der Waals surface area contributed by atoms with Gasteiger partial charge in [-0.15, -0.1) is 11.3 Å². The summed E-state index contributed by atoms with van der Waals surface area (Å²) in [6, 6.07) is 82.7. The van der Waals surface area contributed by atoms with E-state index in [0.717, 1.165) is 66.3 Å². The lowest BCUT2D eigenvalue weighted by atomic mass is 9.95. The maximum atomic E-state index is 5.52. The molecule has 0 radical (unpaired) electrons. The van der Waals surface area contributed by atoms with Crippen molar-refractivity contribution in [2.45, 2.75) is 20.3 Å². The molecule has 3 aromatic heterocycles. The topological polar surface area (TPSA) is 43.6 Å². The first-order valence-corrected chi connectivity index (χ1v) is 25.2. The normalized spacial score (nSPS) is 11.6. The van der Waals surface area contributed by atoms with E-state index < -0.39 is 0 Å². The van der Waals surface area contributed by atoms with Crippen molar-refractivity contribution >= 4 is 85.6 Å². The zero-order valence-corrected chi connectivity index (χ0v) is 40.2. The van der Waals surface area contributed by atoms with E-state index in [1.54, 1.807) is 0 Å². The first kappa shape index (κ1) is 42.3. The molecule has 11 aromatic carbocycles. The summed E-state index contributed by atoms with van der Waals surface area (Å²) in [5.74, 6) is 1.77. The Balaban J connectivity index is 0.00000160. The Morgan fingerprint density at radius 1 is 0.338 bits per heavy atom. The zero-order valence-electron chi connectivity index (χ0n) is 39.3. The summed E-state index contributed by atoms with van der Waals surface area (Å²) in [7, 11) is 0. The van der Waals surface area contributed by atoms with Gasteiger partial charge < -0.3 is 0 Å². The lowest BCUT2D eigenvalue weighted by Gasteiger charge is -2.15. The molecule has 0 atom stereocenters. The van der Waals surface area contributed by atoms with Gasteiger partial charge >= 0.3 is 0 Å². The van der Waals surface area contributed by atoms with Gasteiger partial charge in [0.2, 0.25) is 5.95 Å². The quantitative estimate of drug-likeness (QED) is 0.156. The van der Waals surface area contributed by atoms with Crippen molar-refractivity contribution in [2.24, 2.45) is 0 Å². The fourth-order valence-corrected chi connectivity index (χ4v) is 11.6. The van der Waals surface area contributed by atoms with E-state index in [2.05, 4.69) is 249 Å². The molecule has 0 amide bonds. The first-order valence-electron chi connectivity index (χ1n) is 24.4. The molecule has 0 saturated heterocycles. The molecule has 5 heteroatoms. The van der Waals surface area contributed by atoms with Crippen molar-refractivity contribution < 1.29 is 0 Å². The van der Waals surface area contributed by atoms with Crippen molar-refractivity contribution in [1.29, 1.82) is 0 Å². The number of thiophene rings is 1. The van der Waals surface area contributed by atoms with E-state index >= 15 is 0 Å². The van der Waals surface area contributed by atoms with E-state index in [-0.39, 0.29) is 0 Å². The Morgan fingerprint density at radius 2 is 0.817 bits per heavy atom. The fraction of sp³-hybridized carbons (Fsp3) is 0.0455. The predicted molar refractivity (Wildman–Crippen MR) is 303 cm³/mol. The van der Waals surface area contributed by atoms with Gasteiger partial charge in [-0.05, 0) is 72.9 Å². The van der Waals surface area contributed by atoms with Crippen LogP contribution in [0.2, 0.25) is 0 Å². The summed E-state index contributed by atoms with van der Waals surface area (Å²) in [5, 5.41) is 12.1. The number of benzene rings is 11.